The van der Waals surface area contributed by atoms with Gasteiger partial charge in [0.05, 0.1) is 5.56 Å². The van der Waals surface area contributed by atoms with Crippen LogP contribution in [-0.2, 0) is 15.3 Å². The summed E-state index contributed by atoms with van der Waals surface area (Å²) in [5.74, 6) is -0.135. The minimum absolute atomic E-state index is 0.135. The van der Waals surface area contributed by atoms with Crippen molar-refractivity contribution < 1.29 is 26.7 Å². The van der Waals surface area contributed by atoms with E-state index >= 15 is 0 Å². The van der Waals surface area contributed by atoms with Crippen LogP contribution in [0, 0.1) is 0 Å². The quantitative estimate of drug-likeness (QED) is 0.602. The van der Waals surface area contributed by atoms with Gasteiger partial charge in [-0.2, -0.15) is 13.2 Å². The third kappa shape index (κ3) is 3.22. The number of halogens is 3. The summed E-state index contributed by atoms with van der Waals surface area (Å²) >= 11 is 0. The second-order valence-corrected chi connectivity index (χ2v) is 8.25. The fourth-order valence-corrected chi connectivity index (χ4v) is 4.03. The molecule has 4 nitrogen and oxygen atoms in total. The first-order chi connectivity index (χ1) is 11.8. The van der Waals surface area contributed by atoms with Crippen molar-refractivity contribution >= 4 is 23.8 Å². The molecule has 2 aromatic carbocycles. The standard InChI is InChI=1S/C17H15F3NO3P/c1-3-25(22,23-2)11-8-9-15-14(10-11)21-16(24-15)12-6-4-5-7-13(12)17(18,19)20/h4-10H,3H2,1-2H3. The summed E-state index contributed by atoms with van der Waals surface area (Å²) in [6.07, 6.45) is -4.22. The molecule has 0 fully saturated rings. The topological polar surface area (TPSA) is 52.3 Å². The first kappa shape index (κ1) is 17.7. The van der Waals surface area contributed by atoms with E-state index in [0.717, 1.165) is 6.07 Å². The molecule has 1 heterocycles. The molecule has 0 amide bonds. The molecule has 0 N–H and O–H groups in total. The Balaban J connectivity index is 2.14. The Kier molecular flexibility index (Phi) is 4.47. The molecule has 1 aromatic heterocycles. The number of oxazole rings is 1. The predicted octanol–water partition coefficient (Wildman–Crippen LogP) is 5.08. The molecule has 3 rings (SSSR count). The fourth-order valence-electron chi connectivity index (χ4n) is 2.58. The Hall–Kier alpha value is -2.11. The first-order valence-electron chi connectivity index (χ1n) is 7.51. The van der Waals surface area contributed by atoms with Gasteiger partial charge in [0.1, 0.15) is 5.52 Å². The van der Waals surface area contributed by atoms with Crippen molar-refractivity contribution in [2.24, 2.45) is 0 Å². The molecule has 0 spiro atoms. The van der Waals surface area contributed by atoms with E-state index in [4.69, 9.17) is 8.94 Å². The third-order valence-electron chi connectivity index (χ3n) is 3.94. The average Bonchev–Trinajstić information content (AvgIpc) is 3.03. The number of nitrogens with zero attached hydrogens (tertiary/aromatic N) is 1. The minimum Gasteiger partial charge on any atom is -0.436 e. The van der Waals surface area contributed by atoms with Crippen molar-refractivity contribution in [3.63, 3.8) is 0 Å². The fraction of sp³-hybridized carbons (Fsp3) is 0.235. The first-order valence-corrected chi connectivity index (χ1v) is 9.32. The summed E-state index contributed by atoms with van der Waals surface area (Å²) in [7, 11) is -1.63. The zero-order valence-corrected chi connectivity index (χ0v) is 14.4. The number of fused-ring (bicyclic) bond motifs is 1. The maximum absolute atomic E-state index is 13.2. The zero-order valence-electron chi connectivity index (χ0n) is 13.5. The molecule has 0 aliphatic heterocycles. The highest BCUT2D eigenvalue weighted by Crippen LogP contribution is 2.45. The van der Waals surface area contributed by atoms with Crippen molar-refractivity contribution in [2.45, 2.75) is 13.1 Å². The molecule has 3 aromatic rings. The second-order valence-electron chi connectivity index (χ2n) is 5.39. The molecular formula is C17H15F3NO3P. The monoisotopic (exact) mass is 369 g/mol. The van der Waals surface area contributed by atoms with Gasteiger partial charge in [0.2, 0.25) is 13.3 Å². The Bertz CT molecular complexity index is 957. The smallest absolute Gasteiger partial charge is 0.417 e. The zero-order chi connectivity index (χ0) is 18.2. The summed E-state index contributed by atoms with van der Waals surface area (Å²) in [5, 5.41) is 0.453. The SMILES string of the molecule is CCP(=O)(OC)c1ccc2oc(-c3ccccc3C(F)(F)F)nc2c1. The van der Waals surface area contributed by atoms with Crippen LogP contribution in [0.5, 0.6) is 0 Å². The van der Waals surface area contributed by atoms with Crippen molar-refractivity contribution in [3.05, 3.63) is 48.0 Å². The van der Waals surface area contributed by atoms with Gasteiger partial charge in [-0.15, -0.1) is 0 Å². The van der Waals surface area contributed by atoms with Crippen molar-refractivity contribution in [1.29, 1.82) is 0 Å². The number of benzene rings is 2. The molecule has 0 radical (unpaired) electrons. The maximum atomic E-state index is 13.2. The average molecular weight is 369 g/mol. The molecule has 8 heteroatoms. The maximum Gasteiger partial charge on any atom is 0.417 e. The van der Waals surface area contributed by atoms with Crippen molar-refractivity contribution in [1.82, 2.24) is 4.98 Å². The molecule has 0 bridgehead atoms. The Labute approximate surface area is 142 Å². The van der Waals surface area contributed by atoms with Gasteiger partial charge in [-0.3, -0.25) is 4.57 Å². The van der Waals surface area contributed by atoms with E-state index in [9.17, 15) is 17.7 Å². The van der Waals surface area contributed by atoms with Crippen LogP contribution in [0.1, 0.15) is 12.5 Å². The van der Waals surface area contributed by atoms with E-state index in [1.165, 1.54) is 31.4 Å². The lowest BCUT2D eigenvalue weighted by Gasteiger charge is -2.13. The molecule has 132 valence electrons. The lowest BCUT2D eigenvalue weighted by molar-refractivity contribution is -0.137. The van der Waals surface area contributed by atoms with Crippen LogP contribution in [0.25, 0.3) is 22.6 Å². The van der Waals surface area contributed by atoms with Crippen LogP contribution in [0.15, 0.2) is 46.9 Å². The second kappa shape index (κ2) is 6.32. The summed E-state index contributed by atoms with van der Waals surface area (Å²) in [4.78, 5) is 4.16. The van der Waals surface area contributed by atoms with Crippen LogP contribution in [0.3, 0.4) is 0 Å². The van der Waals surface area contributed by atoms with Gasteiger partial charge in [-0.25, -0.2) is 4.98 Å². The lowest BCUT2D eigenvalue weighted by atomic mass is 10.1. The Morgan fingerprint density at radius 2 is 1.92 bits per heavy atom. The van der Waals surface area contributed by atoms with E-state index in [-0.39, 0.29) is 11.5 Å². The van der Waals surface area contributed by atoms with Gasteiger partial charge >= 0.3 is 6.18 Å². The molecule has 0 aliphatic rings. The highest BCUT2D eigenvalue weighted by molar-refractivity contribution is 7.66. The van der Waals surface area contributed by atoms with E-state index in [1.54, 1.807) is 19.1 Å². The minimum atomic E-state index is -4.52. The number of alkyl halides is 3. The number of hydrogen-bond donors (Lipinski definition) is 0. The van der Waals surface area contributed by atoms with Gasteiger partial charge < -0.3 is 8.94 Å². The molecule has 0 saturated heterocycles. The normalized spacial score (nSPS) is 14.6. The molecule has 25 heavy (non-hydrogen) atoms. The number of rotatable bonds is 4. The highest BCUT2D eigenvalue weighted by Gasteiger charge is 2.34. The van der Waals surface area contributed by atoms with Crippen molar-refractivity contribution in [2.75, 3.05) is 13.3 Å². The Morgan fingerprint density at radius 3 is 2.56 bits per heavy atom. The van der Waals surface area contributed by atoms with Crippen LogP contribution in [0.2, 0.25) is 0 Å². The van der Waals surface area contributed by atoms with Gasteiger partial charge in [0.15, 0.2) is 5.58 Å². The predicted molar refractivity (Wildman–Crippen MR) is 89.2 cm³/mol. The summed E-state index contributed by atoms with van der Waals surface area (Å²) < 4.78 is 62.8. The van der Waals surface area contributed by atoms with E-state index < -0.39 is 19.1 Å². The van der Waals surface area contributed by atoms with Crippen molar-refractivity contribution in [3.8, 4) is 11.5 Å². The van der Waals surface area contributed by atoms with Gasteiger partial charge in [0.25, 0.3) is 0 Å². The lowest BCUT2D eigenvalue weighted by Crippen LogP contribution is -2.07. The van der Waals surface area contributed by atoms with Gasteiger partial charge in [-0.05, 0) is 30.3 Å². The Morgan fingerprint density at radius 1 is 1.20 bits per heavy atom. The molecule has 0 aliphatic carbocycles. The summed E-state index contributed by atoms with van der Waals surface area (Å²) in [5.41, 5.74) is -0.319. The van der Waals surface area contributed by atoms with Gasteiger partial charge in [-0.1, -0.05) is 19.1 Å². The molecule has 1 atom stereocenters. The van der Waals surface area contributed by atoms with E-state index in [0.29, 0.717) is 22.6 Å². The van der Waals surface area contributed by atoms with E-state index in [1.807, 2.05) is 0 Å². The van der Waals surface area contributed by atoms with Gasteiger partial charge in [0, 0.05) is 24.1 Å². The molecule has 0 saturated carbocycles. The van der Waals surface area contributed by atoms with Crippen LogP contribution < -0.4 is 5.30 Å². The number of hydrogen-bond acceptors (Lipinski definition) is 4. The number of aromatic nitrogens is 1. The molecular weight excluding hydrogens is 354 g/mol. The third-order valence-corrected chi connectivity index (χ3v) is 6.43. The summed E-state index contributed by atoms with van der Waals surface area (Å²) in [6, 6.07) is 9.74. The van der Waals surface area contributed by atoms with Crippen LogP contribution in [0.4, 0.5) is 13.2 Å². The van der Waals surface area contributed by atoms with Crippen LogP contribution in [-0.4, -0.2) is 18.3 Å². The largest absolute Gasteiger partial charge is 0.436 e. The molecule has 1 unspecified atom stereocenters. The summed E-state index contributed by atoms with van der Waals surface area (Å²) in [6.45, 7) is 1.74. The highest BCUT2D eigenvalue weighted by atomic mass is 31.2. The van der Waals surface area contributed by atoms with E-state index in [2.05, 4.69) is 4.98 Å². The van der Waals surface area contributed by atoms with Crippen LogP contribution >= 0.6 is 7.37 Å².